The lowest BCUT2D eigenvalue weighted by atomic mass is 10.1. The fraction of sp³-hybridized carbons (Fsp3) is 0.207. The number of unbranched alkanes of at least 4 members (excludes halogenated alkanes) is 2. The number of hydrogen-bond donors (Lipinski definition) is 1. The molecule has 0 heterocycles. The van der Waals surface area contributed by atoms with Gasteiger partial charge in [-0.25, -0.2) is 4.79 Å². The summed E-state index contributed by atoms with van der Waals surface area (Å²) in [6.45, 7) is 4.14. The molecule has 1 N–H and O–H groups in total. The van der Waals surface area contributed by atoms with Crippen molar-refractivity contribution < 1.29 is 14.6 Å². The molecule has 0 aliphatic rings. The monoisotopic (exact) mass is 498 g/mol. The number of rotatable bonds is 5. The topological polar surface area (TPSA) is 46.5 Å². The first-order valence-corrected chi connectivity index (χ1v) is 12.0. The first-order chi connectivity index (χ1) is 16.5. The second-order valence-electron chi connectivity index (χ2n) is 7.11. The number of carboxylic acids is 1. The zero-order valence-corrected chi connectivity index (χ0v) is 21.2. The number of hydrogen-bond acceptors (Lipinski definition) is 2. The van der Waals surface area contributed by atoms with Crippen LogP contribution >= 0.6 is 23.2 Å². The van der Waals surface area contributed by atoms with Crippen molar-refractivity contribution in [2.75, 3.05) is 6.61 Å². The molecule has 180 valence electrons. The van der Waals surface area contributed by atoms with Crippen molar-refractivity contribution in [2.24, 2.45) is 0 Å². The van der Waals surface area contributed by atoms with E-state index in [0.29, 0.717) is 5.75 Å². The lowest BCUT2D eigenvalue weighted by Crippen LogP contribution is -2.09. The zero-order valence-electron chi connectivity index (χ0n) is 19.7. The van der Waals surface area contributed by atoms with Gasteiger partial charge in [-0.1, -0.05) is 129 Å². The molecule has 0 unspecified atom stereocenters. The number of fused-ring (bicyclic) bond motifs is 1. The number of carboxylic acid groups (broad SMARTS) is 1. The van der Waals surface area contributed by atoms with Gasteiger partial charge < -0.3 is 9.84 Å². The second-order valence-corrected chi connectivity index (χ2v) is 7.95. The maximum absolute atomic E-state index is 10.0. The fourth-order valence-electron chi connectivity index (χ4n) is 2.62. The van der Waals surface area contributed by atoms with Crippen LogP contribution < -0.4 is 4.74 Å². The van der Waals surface area contributed by atoms with Crippen LogP contribution in [0, 0.1) is 0 Å². The third-order valence-electron chi connectivity index (χ3n) is 4.28. The summed E-state index contributed by atoms with van der Waals surface area (Å²) in [7, 11) is 0. The van der Waals surface area contributed by atoms with Gasteiger partial charge in [0.2, 0.25) is 0 Å². The van der Waals surface area contributed by atoms with Gasteiger partial charge in [0, 0.05) is 15.4 Å². The fourth-order valence-corrected chi connectivity index (χ4v) is 3.01. The van der Waals surface area contributed by atoms with Gasteiger partial charge >= 0.3 is 5.97 Å². The number of halogens is 2. The molecule has 0 aromatic heterocycles. The van der Waals surface area contributed by atoms with Crippen molar-refractivity contribution in [3.05, 3.63) is 113 Å². The van der Waals surface area contributed by atoms with Crippen molar-refractivity contribution in [1.29, 1.82) is 0 Å². The first kappa shape index (κ1) is 29.0. The molecule has 0 radical (unpaired) electrons. The van der Waals surface area contributed by atoms with Gasteiger partial charge in [-0.3, -0.25) is 0 Å². The van der Waals surface area contributed by atoms with Crippen LogP contribution in [0.5, 0.6) is 5.75 Å². The Hall–Kier alpha value is -3.01. The summed E-state index contributed by atoms with van der Waals surface area (Å²) in [4.78, 5) is 10.0. The summed E-state index contributed by atoms with van der Waals surface area (Å²) in [5.41, 5.74) is 0. The third-order valence-corrected chi connectivity index (χ3v) is 4.86. The molecule has 4 aromatic carbocycles. The van der Waals surface area contributed by atoms with E-state index in [1.165, 1.54) is 24.6 Å². The van der Waals surface area contributed by atoms with E-state index < -0.39 is 5.97 Å². The van der Waals surface area contributed by atoms with E-state index in [9.17, 15) is 4.79 Å². The molecule has 0 saturated heterocycles. The standard InChI is InChI=1S/C10H7Cl.C8H8O3.C6H5Cl.C5H12/c11-10-7-3-5-8-4-1-2-6-9(8)10;9-8(10)6-11-7-4-2-1-3-5-7;7-6-4-2-1-3-5-6;1-3-5-4-2/h1-7H;1-5H,6H2,(H,9,10);1-5H;3-5H2,1-2H3. The first-order valence-electron chi connectivity index (χ1n) is 11.2. The van der Waals surface area contributed by atoms with E-state index in [1.807, 2.05) is 66.7 Å². The molecule has 0 amide bonds. The minimum atomic E-state index is -0.964. The highest BCUT2D eigenvalue weighted by molar-refractivity contribution is 6.35. The Morgan fingerprint density at radius 3 is 1.74 bits per heavy atom. The molecule has 0 fully saturated rings. The van der Waals surface area contributed by atoms with Crippen LogP contribution in [0.15, 0.2) is 103 Å². The lowest BCUT2D eigenvalue weighted by Gasteiger charge is -2.00. The van der Waals surface area contributed by atoms with Crippen molar-refractivity contribution >= 4 is 39.9 Å². The molecular weight excluding hydrogens is 467 g/mol. The molecule has 4 rings (SSSR count). The van der Waals surface area contributed by atoms with Gasteiger partial charge in [0.25, 0.3) is 0 Å². The Labute approximate surface area is 212 Å². The van der Waals surface area contributed by atoms with Crippen LogP contribution in [-0.4, -0.2) is 17.7 Å². The Morgan fingerprint density at radius 2 is 1.26 bits per heavy atom. The van der Waals surface area contributed by atoms with E-state index in [2.05, 4.69) is 26.0 Å². The minimum absolute atomic E-state index is 0.288. The largest absolute Gasteiger partial charge is 0.482 e. The Morgan fingerprint density at radius 1 is 0.735 bits per heavy atom. The Kier molecular flexibility index (Phi) is 15.7. The van der Waals surface area contributed by atoms with Crippen LogP contribution in [-0.2, 0) is 4.79 Å². The highest BCUT2D eigenvalue weighted by Crippen LogP contribution is 2.22. The number of para-hydroxylation sites is 1. The van der Waals surface area contributed by atoms with Crippen molar-refractivity contribution in [2.45, 2.75) is 33.1 Å². The average Bonchev–Trinajstić information content (AvgIpc) is 2.86. The molecule has 4 aromatic rings. The Balaban J connectivity index is 0.000000238. The van der Waals surface area contributed by atoms with Crippen LogP contribution in [0.3, 0.4) is 0 Å². The van der Waals surface area contributed by atoms with Gasteiger partial charge in [-0.15, -0.1) is 0 Å². The molecule has 3 nitrogen and oxygen atoms in total. The summed E-state index contributed by atoms with van der Waals surface area (Å²) in [5, 5.41) is 12.2. The van der Waals surface area contributed by atoms with Crippen molar-refractivity contribution in [3.63, 3.8) is 0 Å². The minimum Gasteiger partial charge on any atom is -0.482 e. The number of ether oxygens (including phenoxy) is 1. The lowest BCUT2D eigenvalue weighted by molar-refractivity contribution is -0.139. The molecule has 0 aliphatic heterocycles. The molecule has 0 aliphatic carbocycles. The highest BCUT2D eigenvalue weighted by atomic mass is 35.5. The van der Waals surface area contributed by atoms with Crippen LogP contribution in [0.4, 0.5) is 0 Å². The average molecular weight is 499 g/mol. The molecular formula is C29H32Cl2O3. The second kappa shape index (κ2) is 18.4. The summed E-state index contributed by atoms with van der Waals surface area (Å²) in [6, 6.07) is 32.3. The predicted molar refractivity (Wildman–Crippen MR) is 145 cm³/mol. The highest BCUT2D eigenvalue weighted by Gasteiger charge is 1.96. The van der Waals surface area contributed by atoms with Gasteiger partial charge in [0.1, 0.15) is 5.75 Å². The molecule has 0 bridgehead atoms. The zero-order chi connectivity index (χ0) is 25.0. The van der Waals surface area contributed by atoms with Gasteiger partial charge in [0.15, 0.2) is 6.61 Å². The predicted octanol–water partition coefficient (Wildman–Crippen LogP) is 9.18. The van der Waals surface area contributed by atoms with Gasteiger partial charge in [-0.05, 0) is 35.7 Å². The molecule has 34 heavy (non-hydrogen) atoms. The molecule has 0 saturated carbocycles. The SMILES string of the molecule is CCCCC.Clc1cccc2ccccc12.Clc1ccccc1.O=C(O)COc1ccccc1. The normalized spacial score (nSPS) is 9.29. The summed E-state index contributed by atoms with van der Waals surface area (Å²) < 4.78 is 4.87. The van der Waals surface area contributed by atoms with Crippen LogP contribution in [0.1, 0.15) is 33.1 Å². The molecule has 0 spiro atoms. The van der Waals surface area contributed by atoms with Crippen LogP contribution in [0.2, 0.25) is 10.0 Å². The molecule has 5 heteroatoms. The molecule has 0 atom stereocenters. The number of aliphatic carboxylic acids is 1. The summed E-state index contributed by atoms with van der Waals surface area (Å²) in [5.74, 6) is -0.385. The van der Waals surface area contributed by atoms with Crippen LogP contribution in [0.25, 0.3) is 10.8 Å². The van der Waals surface area contributed by atoms with Gasteiger partial charge in [-0.2, -0.15) is 0 Å². The smallest absolute Gasteiger partial charge is 0.341 e. The van der Waals surface area contributed by atoms with E-state index >= 15 is 0 Å². The number of benzene rings is 4. The van der Waals surface area contributed by atoms with Crippen molar-refractivity contribution in [3.8, 4) is 5.75 Å². The quantitative estimate of drug-likeness (QED) is 0.298. The number of carbonyl (C=O) groups is 1. The third kappa shape index (κ3) is 13.5. The van der Waals surface area contributed by atoms with Crippen molar-refractivity contribution in [1.82, 2.24) is 0 Å². The summed E-state index contributed by atoms with van der Waals surface area (Å²) in [6.07, 6.45) is 4.08. The van der Waals surface area contributed by atoms with E-state index in [4.69, 9.17) is 33.0 Å². The van der Waals surface area contributed by atoms with Gasteiger partial charge in [0.05, 0.1) is 0 Å². The van der Waals surface area contributed by atoms with E-state index in [-0.39, 0.29) is 6.61 Å². The Bertz CT molecular complexity index is 1050. The van der Waals surface area contributed by atoms with E-state index in [0.717, 1.165) is 15.4 Å². The maximum Gasteiger partial charge on any atom is 0.341 e. The van der Waals surface area contributed by atoms with E-state index in [1.54, 1.807) is 24.3 Å². The summed E-state index contributed by atoms with van der Waals surface area (Å²) >= 11 is 11.5. The maximum atomic E-state index is 10.0.